The van der Waals surface area contributed by atoms with Crippen LogP contribution in [0, 0.1) is 0 Å². The first-order valence-electron chi connectivity index (χ1n) is 5.72. The van der Waals surface area contributed by atoms with Gasteiger partial charge in [0.05, 0.1) is 12.1 Å². The first-order chi connectivity index (χ1) is 8.17. The molecule has 0 unspecified atom stereocenters. The van der Waals surface area contributed by atoms with E-state index in [-0.39, 0.29) is 17.4 Å². The smallest absolute Gasteiger partial charge is 0.229 e. The number of aromatic nitrogens is 3. The van der Waals surface area contributed by atoms with Crippen LogP contribution in [-0.2, 0) is 0 Å². The molecule has 1 fully saturated rings. The van der Waals surface area contributed by atoms with Crippen LogP contribution in [0.25, 0.3) is 0 Å². The number of halogens is 1. The van der Waals surface area contributed by atoms with Gasteiger partial charge in [-0.1, -0.05) is 0 Å². The molecule has 1 heterocycles. The lowest BCUT2D eigenvalue weighted by atomic mass is 9.77. The maximum absolute atomic E-state index is 9.36. The van der Waals surface area contributed by atoms with E-state index in [0.717, 1.165) is 19.3 Å². The predicted molar refractivity (Wildman–Crippen MR) is 66.3 cm³/mol. The Morgan fingerprint density at radius 1 is 1.29 bits per heavy atom. The molecule has 1 saturated carbocycles. The van der Waals surface area contributed by atoms with Crippen molar-refractivity contribution in [2.75, 3.05) is 23.8 Å². The second-order valence-corrected chi connectivity index (χ2v) is 4.54. The van der Waals surface area contributed by atoms with Crippen LogP contribution in [-0.4, -0.2) is 38.7 Å². The number of aliphatic hydroxyl groups excluding tert-OH is 1. The maximum atomic E-state index is 9.36. The van der Waals surface area contributed by atoms with Crippen molar-refractivity contribution in [3.63, 3.8) is 0 Å². The first kappa shape index (κ1) is 12.3. The minimum Gasteiger partial charge on any atom is -0.394 e. The molecule has 0 amide bonds. The van der Waals surface area contributed by atoms with Gasteiger partial charge < -0.3 is 15.7 Å². The van der Waals surface area contributed by atoms with Crippen LogP contribution in [0.1, 0.15) is 26.2 Å². The summed E-state index contributed by atoms with van der Waals surface area (Å²) in [4.78, 5) is 12.2. The topological polar surface area (TPSA) is 83.0 Å². The average Bonchev–Trinajstić information content (AvgIpc) is 2.23. The van der Waals surface area contributed by atoms with Crippen molar-refractivity contribution in [1.82, 2.24) is 15.0 Å². The monoisotopic (exact) mass is 257 g/mol. The summed E-state index contributed by atoms with van der Waals surface area (Å²) < 4.78 is 0. The zero-order chi connectivity index (χ0) is 12.3. The Labute approximate surface area is 105 Å². The van der Waals surface area contributed by atoms with E-state index in [1.807, 2.05) is 6.92 Å². The van der Waals surface area contributed by atoms with E-state index in [2.05, 4.69) is 25.6 Å². The third-order valence-corrected chi connectivity index (χ3v) is 3.10. The molecule has 0 aliphatic heterocycles. The Bertz CT molecular complexity index is 391. The molecular weight excluding hydrogens is 242 g/mol. The maximum Gasteiger partial charge on any atom is 0.229 e. The molecule has 0 bridgehead atoms. The van der Waals surface area contributed by atoms with E-state index in [1.54, 1.807) is 0 Å². The number of hydrogen-bond donors (Lipinski definition) is 3. The zero-order valence-electron chi connectivity index (χ0n) is 9.70. The van der Waals surface area contributed by atoms with E-state index in [1.165, 1.54) is 0 Å². The van der Waals surface area contributed by atoms with Gasteiger partial charge in [-0.3, -0.25) is 0 Å². The van der Waals surface area contributed by atoms with Crippen LogP contribution in [0.15, 0.2) is 0 Å². The number of nitrogens with zero attached hydrogens (tertiary/aromatic N) is 3. The minimum atomic E-state index is -0.284. The molecule has 7 heteroatoms. The summed E-state index contributed by atoms with van der Waals surface area (Å²) in [6, 6.07) is 0. The van der Waals surface area contributed by atoms with E-state index in [4.69, 9.17) is 11.6 Å². The molecule has 0 atom stereocenters. The normalized spacial score (nSPS) is 17.4. The van der Waals surface area contributed by atoms with Crippen LogP contribution in [0.5, 0.6) is 0 Å². The lowest BCUT2D eigenvalue weighted by Gasteiger charge is -2.40. The second kappa shape index (κ2) is 5.01. The van der Waals surface area contributed by atoms with Crippen LogP contribution < -0.4 is 10.6 Å². The highest BCUT2D eigenvalue weighted by Crippen LogP contribution is 2.34. The van der Waals surface area contributed by atoms with Gasteiger partial charge >= 0.3 is 0 Å². The molecule has 0 saturated heterocycles. The fraction of sp³-hybridized carbons (Fsp3) is 0.700. The molecule has 3 N–H and O–H groups in total. The quantitative estimate of drug-likeness (QED) is 0.737. The van der Waals surface area contributed by atoms with Gasteiger partial charge in [-0.25, -0.2) is 0 Å². The molecule has 17 heavy (non-hydrogen) atoms. The zero-order valence-corrected chi connectivity index (χ0v) is 10.5. The van der Waals surface area contributed by atoms with Crippen molar-refractivity contribution in [2.45, 2.75) is 31.7 Å². The predicted octanol–water partition coefficient (Wildman–Crippen LogP) is 1.28. The fourth-order valence-electron chi connectivity index (χ4n) is 1.81. The van der Waals surface area contributed by atoms with Crippen LogP contribution in [0.4, 0.5) is 11.9 Å². The van der Waals surface area contributed by atoms with Gasteiger partial charge in [0.25, 0.3) is 0 Å². The molecule has 0 radical (unpaired) electrons. The number of anilines is 2. The van der Waals surface area contributed by atoms with E-state index in [0.29, 0.717) is 18.4 Å². The van der Waals surface area contributed by atoms with Gasteiger partial charge in [0, 0.05) is 6.54 Å². The summed E-state index contributed by atoms with van der Waals surface area (Å²) in [6.07, 6.45) is 2.94. The van der Waals surface area contributed by atoms with Crippen molar-refractivity contribution in [3.05, 3.63) is 5.28 Å². The minimum absolute atomic E-state index is 0.0762. The third kappa shape index (κ3) is 2.76. The molecule has 6 nitrogen and oxygen atoms in total. The molecule has 1 aliphatic carbocycles. The summed E-state index contributed by atoms with van der Waals surface area (Å²) in [5.41, 5.74) is -0.284. The number of nitrogens with one attached hydrogen (secondary N) is 2. The molecule has 0 aromatic carbocycles. The van der Waals surface area contributed by atoms with Gasteiger partial charge in [0.2, 0.25) is 17.2 Å². The highest BCUT2D eigenvalue weighted by molar-refractivity contribution is 6.28. The van der Waals surface area contributed by atoms with Gasteiger partial charge in [-0.15, -0.1) is 0 Å². The summed E-state index contributed by atoms with van der Waals surface area (Å²) in [5.74, 6) is 0.858. The Balaban J connectivity index is 2.14. The highest BCUT2D eigenvalue weighted by atomic mass is 35.5. The van der Waals surface area contributed by atoms with Crippen molar-refractivity contribution in [3.8, 4) is 0 Å². The van der Waals surface area contributed by atoms with Gasteiger partial charge in [-0.2, -0.15) is 15.0 Å². The van der Waals surface area contributed by atoms with E-state index < -0.39 is 0 Å². The Hall–Kier alpha value is -1.14. The van der Waals surface area contributed by atoms with Gasteiger partial charge in [-0.05, 0) is 37.8 Å². The summed E-state index contributed by atoms with van der Waals surface area (Å²) in [5, 5.41) is 15.6. The lowest BCUT2D eigenvalue weighted by Crippen LogP contribution is -2.48. The number of rotatable bonds is 5. The van der Waals surface area contributed by atoms with Crippen LogP contribution in [0.2, 0.25) is 5.28 Å². The summed E-state index contributed by atoms with van der Waals surface area (Å²) >= 11 is 5.81. The third-order valence-electron chi connectivity index (χ3n) is 2.93. The second-order valence-electron chi connectivity index (χ2n) is 4.20. The van der Waals surface area contributed by atoms with E-state index in [9.17, 15) is 5.11 Å². The molecule has 94 valence electrons. The van der Waals surface area contributed by atoms with Crippen LogP contribution in [0.3, 0.4) is 0 Å². The number of hydrogen-bond acceptors (Lipinski definition) is 6. The fourth-order valence-corrected chi connectivity index (χ4v) is 1.97. The van der Waals surface area contributed by atoms with Gasteiger partial charge in [0.15, 0.2) is 0 Å². The summed E-state index contributed by atoms with van der Waals surface area (Å²) in [7, 11) is 0. The molecule has 2 rings (SSSR count). The molecule has 1 aromatic rings. The Morgan fingerprint density at radius 2 is 2.00 bits per heavy atom. The van der Waals surface area contributed by atoms with Crippen molar-refractivity contribution in [1.29, 1.82) is 0 Å². The van der Waals surface area contributed by atoms with Crippen LogP contribution >= 0.6 is 11.6 Å². The van der Waals surface area contributed by atoms with Crippen molar-refractivity contribution < 1.29 is 5.11 Å². The molecule has 1 aromatic heterocycles. The highest BCUT2D eigenvalue weighted by Gasteiger charge is 2.37. The van der Waals surface area contributed by atoms with E-state index >= 15 is 0 Å². The largest absolute Gasteiger partial charge is 0.394 e. The SMILES string of the molecule is CCNc1nc(Cl)nc(NC2(CO)CCC2)n1. The molecule has 0 spiro atoms. The number of aliphatic hydroxyl groups is 1. The first-order valence-corrected chi connectivity index (χ1v) is 6.10. The Morgan fingerprint density at radius 3 is 2.53 bits per heavy atom. The molecule has 1 aliphatic rings. The van der Waals surface area contributed by atoms with Crippen molar-refractivity contribution >= 4 is 23.5 Å². The Kier molecular flexibility index (Phi) is 3.63. The average molecular weight is 258 g/mol. The lowest BCUT2D eigenvalue weighted by molar-refractivity contribution is 0.143. The van der Waals surface area contributed by atoms with Crippen molar-refractivity contribution in [2.24, 2.45) is 0 Å². The standard InChI is InChI=1S/C10H16ClN5O/c1-2-12-8-13-7(11)14-9(15-8)16-10(6-17)4-3-5-10/h17H,2-6H2,1H3,(H2,12,13,14,15,16). The van der Waals surface area contributed by atoms with Gasteiger partial charge in [0.1, 0.15) is 0 Å². The molecular formula is C10H16ClN5O. The summed E-state index contributed by atoms with van der Waals surface area (Å²) in [6.45, 7) is 2.74.